The van der Waals surface area contributed by atoms with Crippen molar-refractivity contribution in [3.8, 4) is 12.3 Å². The Morgan fingerprint density at radius 1 is 1.33 bits per heavy atom. The van der Waals surface area contributed by atoms with Gasteiger partial charge in [-0.05, 0) is 52.0 Å². The summed E-state index contributed by atoms with van der Waals surface area (Å²) in [5.74, 6) is 2.38. The van der Waals surface area contributed by atoms with Crippen LogP contribution >= 0.6 is 0 Å². The minimum absolute atomic E-state index is 0.228. The molecule has 0 aromatic carbocycles. The van der Waals surface area contributed by atoms with Crippen LogP contribution in [0.25, 0.3) is 0 Å². The van der Waals surface area contributed by atoms with Crippen LogP contribution in [0.1, 0.15) is 59.3 Å². The van der Waals surface area contributed by atoms with Crippen molar-refractivity contribution in [3.63, 3.8) is 0 Å². The second kappa shape index (κ2) is 6.64. The fourth-order valence-electron chi connectivity index (χ4n) is 1.96. The van der Waals surface area contributed by atoms with Gasteiger partial charge in [0.1, 0.15) is 0 Å². The Morgan fingerprint density at radius 3 is 2.61 bits per heavy atom. The molecule has 0 aliphatic heterocycles. The summed E-state index contributed by atoms with van der Waals surface area (Å²) in [4.78, 5) is 11.9. The number of rotatable bonds is 2. The topological polar surface area (TPSA) is 26.3 Å². The van der Waals surface area contributed by atoms with Crippen molar-refractivity contribution in [2.75, 3.05) is 0 Å². The normalized spacial score (nSPS) is 21.8. The maximum atomic E-state index is 11.9. The third kappa shape index (κ3) is 4.56. The van der Waals surface area contributed by atoms with E-state index in [2.05, 4.69) is 12.0 Å². The van der Waals surface area contributed by atoms with Crippen LogP contribution in [0.3, 0.4) is 0 Å². The lowest BCUT2D eigenvalue weighted by Gasteiger charge is -2.23. The molecule has 0 saturated carbocycles. The quantitative estimate of drug-likeness (QED) is 0.421. The fourth-order valence-corrected chi connectivity index (χ4v) is 1.96. The van der Waals surface area contributed by atoms with Crippen molar-refractivity contribution >= 4 is 5.97 Å². The van der Waals surface area contributed by atoms with E-state index < -0.39 is 11.5 Å². The fraction of sp³-hybridized carbons (Fsp3) is 0.688. The highest BCUT2D eigenvalue weighted by Crippen LogP contribution is 2.23. The molecule has 1 aliphatic rings. The van der Waals surface area contributed by atoms with Gasteiger partial charge < -0.3 is 4.74 Å². The molecule has 0 heterocycles. The maximum absolute atomic E-state index is 11.9. The van der Waals surface area contributed by atoms with Gasteiger partial charge in [0.2, 0.25) is 0 Å². The Labute approximate surface area is 111 Å². The van der Waals surface area contributed by atoms with Crippen LogP contribution in [0.5, 0.6) is 0 Å². The van der Waals surface area contributed by atoms with Crippen molar-refractivity contribution in [2.45, 2.75) is 65.4 Å². The second-order valence-corrected chi connectivity index (χ2v) is 5.93. The summed E-state index contributed by atoms with van der Waals surface area (Å²) in [6.07, 6.45) is 14.1. The van der Waals surface area contributed by atoms with Gasteiger partial charge in [-0.2, -0.15) is 0 Å². The van der Waals surface area contributed by atoms with Crippen LogP contribution in [0, 0.1) is 17.8 Å². The number of ether oxygens (including phenoxy) is 1. The van der Waals surface area contributed by atoms with E-state index in [9.17, 15) is 4.79 Å². The van der Waals surface area contributed by atoms with E-state index in [0.29, 0.717) is 0 Å². The van der Waals surface area contributed by atoms with Gasteiger partial charge in [-0.3, -0.25) is 4.79 Å². The lowest BCUT2D eigenvalue weighted by atomic mass is 9.95. The number of hydrogen-bond acceptors (Lipinski definition) is 2. The average molecular weight is 248 g/mol. The molecule has 1 aliphatic carbocycles. The highest BCUT2D eigenvalue weighted by Gasteiger charge is 2.27. The van der Waals surface area contributed by atoms with Crippen molar-refractivity contribution in [2.24, 2.45) is 5.41 Å². The minimum Gasteiger partial charge on any atom is -0.444 e. The van der Waals surface area contributed by atoms with Crippen LogP contribution in [-0.4, -0.2) is 12.1 Å². The van der Waals surface area contributed by atoms with Gasteiger partial charge in [-0.15, -0.1) is 6.42 Å². The zero-order chi connectivity index (χ0) is 13.6. The van der Waals surface area contributed by atoms with Crippen molar-refractivity contribution in [1.82, 2.24) is 0 Å². The highest BCUT2D eigenvalue weighted by molar-refractivity contribution is 5.76. The molecule has 0 saturated heterocycles. The zero-order valence-electron chi connectivity index (χ0n) is 11.8. The summed E-state index contributed by atoms with van der Waals surface area (Å²) in [6.45, 7) is 5.53. The van der Waals surface area contributed by atoms with E-state index >= 15 is 0 Å². The number of terminal acetylenes is 1. The summed E-state index contributed by atoms with van der Waals surface area (Å²) in [5, 5.41) is 0. The largest absolute Gasteiger partial charge is 0.444 e. The number of carbonyl (C=O) groups is 1. The van der Waals surface area contributed by atoms with Gasteiger partial charge in [0.15, 0.2) is 6.10 Å². The molecule has 2 nitrogen and oxygen atoms in total. The lowest BCUT2D eigenvalue weighted by Crippen LogP contribution is -2.28. The van der Waals surface area contributed by atoms with E-state index in [1.807, 2.05) is 20.8 Å². The van der Waals surface area contributed by atoms with E-state index in [4.69, 9.17) is 11.2 Å². The first-order valence-electron chi connectivity index (χ1n) is 6.81. The van der Waals surface area contributed by atoms with E-state index in [1.54, 1.807) is 0 Å². The molecule has 2 heteroatoms. The van der Waals surface area contributed by atoms with Crippen LogP contribution in [0.2, 0.25) is 0 Å². The Balaban J connectivity index is 2.70. The van der Waals surface area contributed by atoms with Crippen LogP contribution in [0.4, 0.5) is 0 Å². The molecule has 0 radical (unpaired) electrons. The molecule has 1 unspecified atom stereocenters. The third-order valence-corrected chi connectivity index (χ3v) is 3.15. The van der Waals surface area contributed by atoms with E-state index in [-0.39, 0.29) is 5.97 Å². The number of hydrogen-bond donors (Lipinski definition) is 0. The standard InChI is InChI=1S/C16H24O2/c1-5-14(18-15(17)16(2,3)4)13-11-9-7-6-8-10-12-13/h1,11,14H,6-10,12H2,2-4H3/b13-11+. The minimum atomic E-state index is -0.503. The van der Waals surface area contributed by atoms with Crippen LogP contribution < -0.4 is 0 Å². The molecule has 0 N–H and O–H groups in total. The van der Waals surface area contributed by atoms with E-state index in [0.717, 1.165) is 24.8 Å². The van der Waals surface area contributed by atoms with Crippen molar-refractivity contribution < 1.29 is 9.53 Å². The molecule has 100 valence electrons. The molecule has 0 aromatic rings. The van der Waals surface area contributed by atoms with Gasteiger partial charge in [-0.1, -0.05) is 24.8 Å². The Bertz CT molecular complexity index is 352. The molecular formula is C16H24O2. The zero-order valence-corrected chi connectivity index (χ0v) is 11.8. The third-order valence-electron chi connectivity index (χ3n) is 3.15. The Hall–Kier alpha value is -1.23. The predicted molar refractivity (Wildman–Crippen MR) is 74.0 cm³/mol. The van der Waals surface area contributed by atoms with Crippen LogP contribution in [-0.2, 0) is 9.53 Å². The monoisotopic (exact) mass is 248 g/mol. The summed E-state index contributed by atoms with van der Waals surface area (Å²) in [7, 11) is 0. The number of esters is 1. The van der Waals surface area contributed by atoms with Gasteiger partial charge in [0.25, 0.3) is 0 Å². The first kappa shape index (κ1) is 14.8. The first-order chi connectivity index (χ1) is 8.45. The second-order valence-electron chi connectivity index (χ2n) is 5.93. The van der Waals surface area contributed by atoms with E-state index in [1.165, 1.54) is 19.3 Å². The highest BCUT2D eigenvalue weighted by atomic mass is 16.5. The smallest absolute Gasteiger partial charge is 0.312 e. The summed E-state index contributed by atoms with van der Waals surface area (Å²) < 4.78 is 5.46. The van der Waals surface area contributed by atoms with Crippen molar-refractivity contribution in [3.05, 3.63) is 11.6 Å². The van der Waals surface area contributed by atoms with Gasteiger partial charge >= 0.3 is 5.97 Å². The average Bonchev–Trinajstić information content (AvgIpc) is 2.24. The molecule has 1 atom stereocenters. The maximum Gasteiger partial charge on any atom is 0.312 e. The molecule has 18 heavy (non-hydrogen) atoms. The molecule has 0 spiro atoms. The molecule has 0 fully saturated rings. The van der Waals surface area contributed by atoms with Crippen molar-refractivity contribution in [1.29, 1.82) is 0 Å². The molecule has 0 bridgehead atoms. The molecule has 1 rings (SSSR count). The van der Waals surface area contributed by atoms with Gasteiger partial charge in [0, 0.05) is 0 Å². The first-order valence-corrected chi connectivity index (χ1v) is 6.81. The summed E-state index contributed by atoms with van der Waals surface area (Å²) >= 11 is 0. The SMILES string of the molecule is C#CC(OC(=O)C(C)(C)C)/C1=C/CCCCCC1. The number of allylic oxidation sites excluding steroid dienone is 1. The molecule has 0 aromatic heterocycles. The summed E-state index contributed by atoms with van der Waals surface area (Å²) in [6, 6.07) is 0. The van der Waals surface area contributed by atoms with Gasteiger partial charge in [-0.25, -0.2) is 0 Å². The van der Waals surface area contributed by atoms with Gasteiger partial charge in [0.05, 0.1) is 5.41 Å². The summed E-state index contributed by atoms with van der Waals surface area (Å²) in [5.41, 5.74) is 0.604. The molecular weight excluding hydrogens is 224 g/mol. The molecule has 0 amide bonds. The Kier molecular flexibility index (Phi) is 5.47. The van der Waals surface area contributed by atoms with Crippen LogP contribution in [0.15, 0.2) is 11.6 Å². The predicted octanol–water partition coefficient (Wildman–Crippen LogP) is 3.86. The Morgan fingerprint density at radius 2 is 2.00 bits per heavy atom. The lowest BCUT2D eigenvalue weighted by molar-refractivity contribution is -0.154. The number of carbonyl (C=O) groups excluding carboxylic acids is 1.